The lowest BCUT2D eigenvalue weighted by Gasteiger charge is -2.21. The van der Waals surface area contributed by atoms with Gasteiger partial charge < -0.3 is 5.32 Å². The summed E-state index contributed by atoms with van der Waals surface area (Å²) in [5.41, 5.74) is 2.74. The van der Waals surface area contributed by atoms with Crippen LogP contribution in [-0.4, -0.2) is 23.6 Å². The quantitative estimate of drug-likeness (QED) is 0.743. The van der Waals surface area contributed by atoms with E-state index in [0.29, 0.717) is 24.5 Å². The Bertz CT molecular complexity index is 310. The van der Waals surface area contributed by atoms with Gasteiger partial charge in [-0.05, 0) is 12.3 Å². The van der Waals surface area contributed by atoms with Crippen molar-refractivity contribution < 1.29 is 9.59 Å². The van der Waals surface area contributed by atoms with Crippen LogP contribution in [0.25, 0.3) is 0 Å². The van der Waals surface area contributed by atoms with Gasteiger partial charge in [-0.15, -0.1) is 0 Å². The summed E-state index contributed by atoms with van der Waals surface area (Å²) in [6, 6.07) is 0.160. The van der Waals surface area contributed by atoms with Gasteiger partial charge in [0.1, 0.15) is 5.71 Å². The molecule has 5 heteroatoms. The molecular formula is C11H19N3O2. The molecule has 0 aromatic heterocycles. The third kappa shape index (κ3) is 3.32. The maximum Gasteiger partial charge on any atom is 0.267 e. The van der Waals surface area contributed by atoms with Crippen LogP contribution in [0.15, 0.2) is 5.10 Å². The van der Waals surface area contributed by atoms with Crippen molar-refractivity contribution in [2.45, 2.75) is 46.1 Å². The second-order valence-electron chi connectivity index (χ2n) is 4.33. The van der Waals surface area contributed by atoms with Gasteiger partial charge in [-0.1, -0.05) is 20.8 Å². The summed E-state index contributed by atoms with van der Waals surface area (Å²) < 4.78 is 0. The lowest BCUT2D eigenvalue weighted by atomic mass is 10.0. The monoisotopic (exact) mass is 225 g/mol. The van der Waals surface area contributed by atoms with Crippen LogP contribution >= 0.6 is 0 Å². The van der Waals surface area contributed by atoms with Gasteiger partial charge in [0, 0.05) is 18.9 Å². The first-order valence-electron chi connectivity index (χ1n) is 5.70. The highest BCUT2D eigenvalue weighted by atomic mass is 16.2. The van der Waals surface area contributed by atoms with E-state index in [2.05, 4.69) is 29.7 Å². The first-order valence-corrected chi connectivity index (χ1v) is 5.70. The Labute approximate surface area is 95.7 Å². The van der Waals surface area contributed by atoms with Crippen LogP contribution < -0.4 is 10.7 Å². The third-order valence-corrected chi connectivity index (χ3v) is 2.73. The molecular weight excluding hydrogens is 206 g/mol. The molecule has 0 spiro atoms. The van der Waals surface area contributed by atoms with Crippen LogP contribution in [-0.2, 0) is 9.59 Å². The van der Waals surface area contributed by atoms with Crippen LogP contribution in [0.3, 0.4) is 0 Å². The highest BCUT2D eigenvalue weighted by Crippen LogP contribution is 2.06. The second-order valence-corrected chi connectivity index (χ2v) is 4.33. The smallest absolute Gasteiger partial charge is 0.267 e. The normalized spacial score (nSPS) is 17.8. The number of carbonyl (C=O) groups is 2. The number of hydrogen-bond donors (Lipinski definition) is 2. The first-order chi connectivity index (χ1) is 7.54. The molecule has 1 rings (SSSR count). The molecule has 0 aromatic rings. The van der Waals surface area contributed by atoms with Crippen molar-refractivity contribution in [1.82, 2.24) is 10.7 Å². The van der Waals surface area contributed by atoms with Crippen molar-refractivity contribution in [1.29, 1.82) is 0 Å². The summed E-state index contributed by atoms with van der Waals surface area (Å²) in [5, 5.41) is 6.69. The minimum absolute atomic E-state index is 0.132. The van der Waals surface area contributed by atoms with Crippen molar-refractivity contribution in [3.05, 3.63) is 0 Å². The molecule has 0 saturated heterocycles. The zero-order valence-corrected chi connectivity index (χ0v) is 10.0. The fraction of sp³-hybridized carbons (Fsp3) is 0.727. The molecule has 2 N–H and O–H groups in total. The summed E-state index contributed by atoms with van der Waals surface area (Å²) in [6.07, 6.45) is 1.65. The van der Waals surface area contributed by atoms with E-state index in [-0.39, 0.29) is 17.9 Å². The van der Waals surface area contributed by atoms with E-state index < -0.39 is 0 Å². The number of hydrogen-bond acceptors (Lipinski definition) is 3. The fourth-order valence-electron chi connectivity index (χ4n) is 1.63. The first kappa shape index (κ1) is 12.7. The summed E-state index contributed by atoms with van der Waals surface area (Å²) in [7, 11) is 0. The molecule has 2 amide bonds. The Kier molecular flexibility index (Phi) is 4.46. The number of nitrogens with one attached hydrogen (secondary N) is 2. The minimum Gasteiger partial charge on any atom is -0.348 e. The SMILES string of the molecule is CCC(NC(=O)C1=NNC(=O)CC1)C(C)C. The van der Waals surface area contributed by atoms with Crippen molar-refractivity contribution >= 4 is 17.5 Å². The number of nitrogens with zero attached hydrogens (tertiary/aromatic N) is 1. The van der Waals surface area contributed by atoms with Crippen molar-refractivity contribution in [2.75, 3.05) is 0 Å². The zero-order chi connectivity index (χ0) is 12.1. The average molecular weight is 225 g/mol. The standard InChI is InChI=1S/C11H19N3O2/c1-4-8(7(2)3)12-11(16)9-5-6-10(15)14-13-9/h7-8H,4-6H2,1-3H3,(H,12,16)(H,14,15). The van der Waals surface area contributed by atoms with E-state index in [4.69, 9.17) is 0 Å². The minimum atomic E-state index is -0.166. The van der Waals surface area contributed by atoms with Gasteiger partial charge in [-0.25, -0.2) is 5.43 Å². The number of amides is 2. The Balaban J connectivity index is 2.55. The van der Waals surface area contributed by atoms with E-state index >= 15 is 0 Å². The summed E-state index contributed by atoms with van der Waals surface area (Å²) in [5.74, 6) is 0.0979. The summed E-state index contributed by atoms with van der Waals surface area (Å²) >= 11 is 0. The number of rotatable bonds is 4. The lowest BCUT2D eigenvalue weighted by molar-refractivity contribution is -0.121. The predicted molar refractivity (Wildman–Crippen MR) is 61.9 cm³/mol. The van der Waals surface area contributed by atoms with Crippen molar-refractivity contribution in [2.24, 2.45) is 11.0 Å². The highest BCUT2D eigenvalue weighted by molar-refractivity contribution is 6.39. The Hall–Kier alpha value is -1.39. The molecule has 5 nitrogen and oxygen atoms in total. The van der Waals surface area contributed by atoms with E-state index in [9.17, 15) is 9.59 Å². The van der Waals surface area contributed by atoms with E-state index in [0.717, 1.165) is 6.42 Å². The van der Waals surface area contributed by atoms with Gasteiger partial charge in [0.2, 0.25) is 5.91 Å². The maximum atomic E-state index is 11.8. The van der Waals surface area contributed by atoms with Crippen LogP contribution in [0.4, 0.5) is 0 Å². The molecule has 1 aliphatic heterocycles. The Morgan fingerprint density at radius 1 is 1.50 bits per heavy atom. The number of hydrazone groups is 1. The summed E-state index contributed by atoms with van der Waals surface area (Å²) in [4.78, 5) is 22.7. The molecule has 0 aromatic carbocycles. The fourth-order valence-corrected chi connectivity index (χ4v) is 1.63. The Morgan fingerprint density at radius 3 is 2.62 bits per heavy atom. The molecule has 16 heavy (non-hydrogen) atoms. The van der Waals surface area contributed by atoms with Gasteiger partial charge in [0.05, 0.1) is 0 Å². The largest absolute Gasteiger partial charge is 0.348 e. The zero-order valence-electron chi connectivity index (χ0n) is 10.0. The molecule has 0 bridgehead atoms. The maximum absolute atomic E-state index is 11.8. The molecule has 1 aliphatic rings. The molecule has 1 unspecified atom stereocenters. The van der Waals surface area contributed by atoms with Gasteiger partial charge >= 0.3 is 0 Å². The molecule has 1 atom stereocenters. The highest BCUT2D eigenvalue weighted by Gasteiger charge is 2.21. The van der Waals surface area contributed by atoms with Crippen LogP contribution in [0.1, 0.15) is 40.0 Å². The number of carbonyl (C=O) groups excluding carboxylic acids is 2. The van der Waals surface area contributed by atoms with E-state index in [1.165, 1.54) is 0 Å². The lowest BCUT2D eigenvalue weighted by Crippen LogP contribution is -2.43. The van der Waals surface area contributed by atoms with Crippen LogP contribution in [0.5, 0.6) is 0 Å². The van der Waals surface area contributed by atoms with Gasteiger partial charge in [0.15, 0.2) is 0 Å². The predicted octanol–water partition coefficient (Wildman–Crippen LogP) is 0.803. The molecule has 1 heterocycles. The van der Waals surface area contributed by atoms with E-state index in [1.807, 2.05) is 6.92 Å². The van der Waals surface area contributed by atoms with Crippen LogP contribution in [0.2, 0.25) is 0 Å². The summed E-state index contributed by atoms with van der Waals surface area (Å²) in [6.45, 7) is 6.17. The topological polar surface area (TPSA) is 70.6 Å². The molecule has 90 valence electrons. The third-order valence-electron chi connectivity index (χ3n) is 2.73. The van der Waals surface area contributed by atoms with Crippen molar-refractivity contribution in [3.63, 3.8) is 0 Å². The molecule has 0 saturated carbocycles. The van der Waals surface area contributed by atoms with Gasteiger partial charge in [-0.3, -0.25) is 9.59 Å². The van der Waals surface area contributed by atoms with Gasteiger partial charge in [-0.2, -0.15) is 5.10 Å². The average Bonchev–Trinajstić information content (AvgIpc) is 2.26. The molecule has 0 radical (unpaired) electrons. The molecule has 0 aliphatic carbocycles. The molecule has 0 fully saturated rings. The van der Waals surface area contributed by atoms with E-state index in [1.54, 1.807) is 0 Å². The van der Waals surface area contributed by atoms with Crippen molar-refractivity contribution in [3.8, 4) is 0 Å². The van der Waals surface area contributed by atoms with Crippen LogP contribution in [0, 0.1) is 5.92 Å². The van der Waals surface area contributed by atoms with Gasteiger partial charge in [0.25, 0.3) is 5.91 Å². The Morgan fingerprint density at radius 2 is 2.19 bits per heavy atom. The second kappa shape index (κ2) is 5.63.